The molecule has 7 heteroatoms. The standard InChI is InChI=1S/C18H20N2O4S/c1-25(22,23)15-8-6-14(7-9-15)18(21)19-16-4-2-3-5-17(16)20-10-12-24-13-11-20/h2-9H,10-13H2,1H3,(H,19,21). The Kier molecular flexibility index (Phi) is 5.06. The number of morpholine rings is 1. The predicted octanol–water partition coefficient (Wildman–Crippen LogP) is 2.18. The third-order valence-electron chi connectivity index (χ3n) is 4.05. The molecular formula is C18H20N2O4S. The molecule has 6 nitrogen and oxygen atoms in total. The molecule has 3 rings (SSSR count). The summed E-state index contributed by atoms with van der Waals surface area (Å²) in [5.41, 5.74) is 2.08. The number of rotatable bonds is 4. The van der Waals surface area contributed by atoms with Crippen LogP contribution in [0, 0.1) is 0 Å². The molecule has 0 bridgehead atoms. The van der Waals surface area contributed by atoms with Crippen molar-refractivity contribution in [3.8, 4) is 0 Å². The summed E-state index contributed by atoms with van der Waals surface area (Å²) in [6.45, 7) is 2.87. The molecule has 1 saturated heterocycles. The molecular weight excluding hydrogens is 340 g/mol. The maximum absolute atomic E-state index is 12.5. The largest absolute Gasteiger partial charge is 0.378 e. The molecule has 25 heavy (non-hydrogen) atoms. The molecule has 1 amide bonds. The number of anilines is 2. The summed E-state index contributed by atoms with van der Waals surface area (Å²) in [7, 11) is -3.28. The Morgan fingerprint density at radius 1 is 1.04 bits per heavy atom. The van der Waals surface area contributed by atoms with Gasteiger partial charge in [-0.05, 0) is 36.4 Å². The monoisotopic (exact) mass is 360 g/mol. The number of nitrogens with zero attached hydrogens (tertiary/aromatic N) is 1. The van der Waals surface area contributed by atoms with Crippen LogP contribution in [0.1, 0.15) is 10.4 Å². The lowest BCUT2D eigenvalue weighted by atomic mass is 10.2. The highest BCUT2D eigenvalue weighted by Crippen LogP contribution is 2.27. The fourth-order valence-corrected chi connectivity index (χ4v) is 3.34. The summed E-state index contributed by atoms with van der Waals surface area (Å²) in [5.74, 6) is -0.277. The molecule has 0 unspecified atom stereocenters. The zero-order valence-corrected chi connectivity index (χ0v) is 14.8. The molecule has 0 spiro atoms. The fourth-order valence-electron chi connectivity index (χ4n) is 2.71. The molecule has 1 N–H and O–H groups in total. The van der Waals surface area contributed by atoms with Gasteiger partial charge >= 0.3 is 0 Å². The Morgan fingerprint density at radius 2 is 1.68 bits per heavy atom. The Labute approximate surface area is 147 Å². The molecule has 0 atom stereocenters. The quantitative estimate of drug-likeness (QED) is 0.904. The number of sulfone groups is 1. The van der Waals surface area contributed by atoms with Crippen LogP contribution in [-0.2, 0) is 14.6 Å². The van der Waals surface area contributed by atoms with E-state index in [0.717, 1.165) is 30.7 Å². The normalized spacial score (nSPS) is 15.0. The first-order valence-electron chi connectivity index (χ1n) is 7.98. The second-order valence-corrected chi connectivity index (χ2v) is 7.88. The number of nitrogens with one attached hydrogen (secondary N) is 1. The number of amides is 1. The first-order chi connectivity index (χ1) is 11.9. The van der Waals surface area contributed by atoms with Crippen LogP contribution in [0.4, 0.5) is 11.4 Å². The van der Waals surface area contributed by atoms with Gasteiger partial charge in [-0.15, -0.1) is 0 Å². The van der Waals surface area contributed by atoms with Crippen LogP contribution in [0.25, 0.3) is 0 Å². The molecule has 2 aromatic carbocycles. The van der Waals surface area contributed by atoms with E-state index >= 15 is 0 Å². The molecule has 0 aromatic heterocycles. The van der Waals surface area contributed by atoms with E-state index in [4.69, 9.17) is 4.74 Å². The fraction of sp³-hybridized carbons (Fsp3) is 0.278. The summed E-state index contributed by atoms with van der Waals surface area (Å²) < 4.78 is 28.4. The minimum atomic E-state index is -3.28. The predicted molar refractivity (Wildman–Crippen MR) is 97.0 cm³/mol. The highest BCUT2D eigenvalue weighted by molar-refractivity contribution is 7.90. The number of hydrogen-bond donors (Lipinski definition) is 1. The first-order valence-corrected chi connectivity index (χ1v) is 9.87. The van der Waals surface area contributed by atoms with Gasteiger partial charge in [-0.25, -0.2) is 8.42 Å². The maximum atomic E-state index is 12.5. The minimum absolute atomic E-state index is 0.192. The topological polar surface area (TPSA) is 75.7 Å². The second-order valence-electron chi connectivity index (χ2n) is 5.87. The summed E-state index contributed by atoms with van der Waals surface area (Å²) in [5, 5.41) is 2.91. The third-order valence-corrected chi connectivity index (χ3v) is 5.18. The van der Waals surface area contributed by atoms with E-state index in [1.165, 1.54) is 24.3 Å². The summed E-state index contributed by atoms with van der Waals surface area (Å²) in [4.78, 5) is 14.9. The van der Waals surface area contributed by atoms with Gasteiger partial charge in [-0.3, -0.25) is 4.79 Å². The average Bonchev–Trinajstić information content (AvgIpc) is 2.62. The van der Waals surface area contributed by atoms with Gasteiger partial charge in [0.25, 0.3) is 5.91 Å². The molecule has 1 heterocycles. The minimum Gasteiger partial charge on any atom is -0.378 e. The zero-order valence-electron chi connectivity index (χ0n) is 13.9. The van der Waals surface area contributed by atoms with Crippen molar-refractivity contribution in [2.45, 2.75) is 4.90 Å². The lowest BCUT2D eigenvalue weighted by molar-refractivity contribution is 0.102. The van der Waals surface area contributed by atoms with Crippen molar-refractivity contribution in [3.05, 3.63) is 54.1 Å². The van der Waals surface area contributed by atoms with Crippen LogP contribution in [-0.4, -0.2) is 46.9 Å². The Bertz CT molecular complexity index is 857. The van der Waals surface area contributed by atoms with Crippen molar-refractivity contribution in [1.82, 2.24) is 0 Å². The number of benzene rings is 2. The van der Waals surface area contributed by atoms with E-state index < -0.39 is 9.84 Å². The smallest absolute Gasteiger partial charge is 0.255 e. The van der Waals surface area contributed by atoms with Gasteiger partial charge in [-0.1, -0.05) is 12.1 Å². The third kappa shape index (κ3) is 4.18. The molecule has 1 aliphatic heterocycles. The Morgan fingerprint density at radius 3 is 2.32 bits per heavy atom. The molecule has 0 saturated carbocycles. The molecule has 1 aliphatic rings. The van der Waals surface area contributed by atoms with Gasteiger partial charge in [0.1, 0.15) is 0 Å². The Hall–Kier alpha value is -2.38. The van der Waals surface area contributed by atoms with Gasteiger partial charge in [0.2, 0.25) is 0 Å². The summed E-state index contributed by atoms with van der Waals surface area (Å²) in [6.07, 6.45) is 1.14. The van der Waals surface area contributed by atoms with Crippen LogP contribution in [0.2, 0.25) is 0 Å². The second kappa shape index (κ2) is 7.25. The Balaban J connectivity index is 1.79. The van der Waals surface area contributed by atoms with Crippen molar-refractivity contribution < 1.29 is 17.9 Å². The number of ether oxygens (including phenoxy) is 1. The first kappa shape index (κ1) is 17.4. The van der Waals surface area contributed by atoms with Crippen molar-refractivity contribution in [2.24, 2.45) is 0 Å². The van der Waals surface area contributed by atoms with Crippen molar-refractivity contribution in [3.63, 3.8) is 0 Å². The van der Waals surface area contributed by atoms with Crippen molar-refractivity contribution in [2.75, 3.05) is 42.8 Å². The summed E-state index contributed by atoms with van der Waals surface area (Å²) in [6, 6.07) is 13.5. The number of para-hydroxylation sites is 2. The maximum Gasteiger partial charge on any atom is 0.255 e. The van der Waals surface area contributed by atoms with Crippen LogP contribution >= 0.6 is 0 Å². The highest BCUT2D eigenvalue weighted by atomic mass is 32.2. The molecule has 2 aromatic rings. The van der Waals surface area contributed by atoms with Crippen LogP contribution in [0.5, 0.6) is 0 Å². The van der Waals surface area contributed by atoms with E-state index in [1.807, 2.05) is 24.3 Å². The van der Waals surface area contributed by atoms with E-state index in [9.17, 15) is 13.2 Å². The van der Waals surface area contributed by atoms with E-state index in [-0.39, 0.29) is 10.8 Å². The van der Waals surface area contributed by atoms with Gasteiger partial charge in [0.05, 0.1) is 29.5 Å². The molecule has 1 fully saturated rings. The molecule has 0 radical (unpaired) electrons. The van der Waals surface area contributed by atoms with Gasteiger partial charge in [0, 0.05) is 24.9 Å². The number of hydrogen-bond acceptors (Lipinski definition) is 5. The van der Waals surface area contributed by atoms with Crippen molar-refractivity contribution >= 4 is 27.1 Å². The zero-order chi connectivity index (χ0) is 17.9. The van der Waals surface area contributed by atoms with E-state index in [0.29, 0.717) is 18.8 Å². The van der Waals surface area contributed by atoms with Gasteiger partial charge < -0.3 is 15.0 Å². The lowest BCUT2D eigenvalue weighted by Crippen LogP contribution is -2.36. The van der Waals surface area contributed by atoms with Crippen LogP contribution in [0.3, 0.4) is 0 Å². The number of carbonyl (C=O) groups excluding carboxylic acids is 1. The highest BCUT2D eigenvalue weighted by Gasteiger charge is 2.16. The SMILES string of the molecule is CS(=O)(=O)c1ccc(C(=O)Nc2ccccc2N2CCOCC2)cc1. The van der Waals surface area contributed by atoms with Crippen LogP contribution in [0.15, 0.2) is 53.4 Å². The molecule has 132 valence electrons. The average molecular weight is 360 g/mol. The van der Waals surface area contributed by atoms with Crippen LogP contribution < -0.4 is 10.2 Å². The van der Waals surface area contributed by atoms with Crippen molar-refractivity contribution in [1.29, 1.82) is 0 Å². The van der Waals surface area contributed by atoms with E-state index in [2.05, 4.69) is 10.2 Å². The molecule has 0 aliphatic carbocycles. The van der Waals surface area contributed by atoms with Gasteiger partial charge in [0.15, 0.2) is 9.84 Å². The van der Waals surface area contributed by atoms with Gasteiger partial charge in [-0.2, -0.15) is 0 Å². The lowest BCUT2D eigenvalue weighted by Gasteiger charge is -2.30. The summed E-state index contributed by atoms with van der Waals surface area (Å²) >= 11 is 0. The van der Waals surface area contributed by atoms with E-state index in [1.54, 1.807) is 0 Å². The number of carbonyl (C=O) groups is 1.